The van der Waals surface area contributed by atoms with Crippen molar-refractivity contribution in [1.29, 1.82) is 0 Å². The molecule has 114 valence electrons. The van der Waals surface area contributed by atoms with Gasteiger partial charge < -0.3 is 4.57 Å². The van der Waals surface area contributed by atoms with Crippen LogP contribution in [-0.4, -0.2) is 10.4 Å². The average Bonchev–Trinajstić information content (AvgIpc) is 2.99. The van der Waals surface area contributed by atoms with Crippen LogP contribution in [0.5, 0.6) is 0 Å². The number of ketones is 1. The molecule has 0 radical (unpaired) electrons. The van der Waals surface area contributed by atoms with Gasteiger partial charge in [0.2, 0.25) is 0 Å². The molecule has 3 atom stereocenters. The maximum atomic E-state index is 12.3. The third-order valence-electron chi connectivity index (χ3n) is 6.90. The van der Waals surface area contributed by atoms with Gasteiger partial charge in [0.25, 0.3) is 0 Å². The van der Waals surface area contributed by atoms with E-state index < -0.39 is 0 Å². The molecule has 0 N–H and O–H groups in total. The van der Waals surface area contributed by atoms with E-state index in [1.54, 1.807) is 0 Å². The number of carbonyl (C=O) groups is 1. The van der Waals surface area contributed by atoms with Crippen LogP contribution in [0.1, 0.15) is 80.7 Å². The number of aryl methyl sites for hydroxylation is 1. The van der Waals surface area contributed by atoms with Gasteiger partial charge in [0.1, 0.15) is 0 Å². The van der Waals surface area contributed by atoms with E-state index in [9.17, 15) is 4.79 Å². The van der Waals surface area contributed by atoms with Crippen LogP contribution in [0.25, 0.3) is 0 Å². The third kappa shape index (κ3) is 1.62. The third-order valence-corrected chi connectivity index (χ3v) is 6.90. The van der Waals surface area contributed by atoms with Crippen LogP contribution in [0.3, 0.4) is 0 Å². The highest BCUT2D eigenvalue weighted by Gasteiger charge is 2.60. The highest BCUT2D eigenvalue weighted by Crippen LogP contribution is 2.68. The van der Waals surface area contributed by atoms with Crippen molar-refractivity contribution >= 4 is 5.78 Å². The lowest BCUT2D eigenvalue weighted by molar-refractivity contribution is 0.0789. The van der Waals surface area contributed by atoms with Gasteiger partial charge >= 0.3 is 0 Å². The van der Waals surface area contributed by atoms with Gasteiger partial charge in [-0.3, -0.25) is 4.79 Å². The fourth-order valence-corrected chi connectivity index (χ4v) is 6.03. The normalized spacial score (nSPS) is 37.0. The van der Waals surface area contributed by atoms with E-state index in [2.05, 4.69) is 38.3 Å². The van der Waals surface area contributed by atoms with Gasteiger partial charge in [0.05, 0.1) is 0 Å². The molecule has 3 unspecified atom stereocenters. The molecule has 3 aliphatic carbocycles. The first-order valence-corrected chi connectivity index (χ1v) is 8.58. The number of nitrogens with zero attached hydrogens (tertiary/aromatic N) is 1. The van der Waals surface area contributed by atoms with Crippen molar-refractivity contribution in [2.24, 2.45) is 16.7 Å². The Morgan fingerprint density at radius 3 is 2.67 bits per heavy atom. The van der Waals surface area contributed by atoms with Crippen LogP contribution < -0.4 is 0 Å². The number of rotatable bonds is 1. The first kappa shape index (κ1) is 13.6. The number of carbonyl (C=O) groups excluding carboxylic acids is 1. The van der Waals surface area contributed by atoms with Crippen molar-refractivity contribution in [2.45, 2.75) is 72.3 Å². The molecule has 0 aromatic carbocycles. The number of fused-ring (bicyclic) bond motifs is 3. The Balaban J connectivity index is 1.89. The Labute approximate surface area is 127 Å². The number of hydrogen-bond donors (Lipinski definition) is 0. The molecule has 3 aliphatic rings. The average molecular weight is 285 g/mol. The quantitative estimate of drug-likeness (QED) is 0.733. The number of aromatic nitrogens is 1. The Kier molecular flexibility index (Phi) is 2.61. The zero-order valence-corrected chi connectivity index (χ0v) is 13.8. The smallest absolute Gasteiger partial charge is 0.164 e. The lowest BCUT2D eigenvalue weighted by atomic mass is 9.68. The zero-order valence-electron chi connectivity index (χ0n) is 13.8. The van der Waals surface area contributed by atoms with Crippen LogP contribution >= 0.6 is 0 Å². The molecule has 1 aromatic rings. The van der Waals surface area contributed by atoms with Gasteiger partial charge in [-0.05, 0) is 61.8 Å². The fourth-order valence-electron chi connectivity index (χ4n) is 6.03. The SMILES string of the molecule is Cc1cc2c(n1C1C3(C)CCC(C3)C1(C)C)CCCC2=O. The van der Waals surface area contributed by atoms with Crippen molar-refractivity contribution in [3.63, 3.8) is 0 Å². The molecule has 0 saturated heterocycles. The predicted octanol–water partition coefficient (Wildman–Crippen LogP) is 4.70. The Hall–Kier alpha value is -1.05. The minimum atomic E-state index is 0.352. The van der Waals surface area contributed by atoms with Gasteiger partial charge in [-0.2, -0.15) is 0 Å². The summed E-state index contributed by atoms with van der Waals surface area (Å²) in [6, 6.07) is 2.74. The van der Waals surface area contributed by atoms with Crippen LogP contribution in [0.15, 0.2) is 6.07 Å². The summed E-state index contributed by atoms with van der Waals surface area (Å²) < 4.78 is 2.59. The van der Waals surface area contributed by atoms with Crippen molar-refractivity contribution < 1.29 is 4.79 Å². The number of Topliss-reactive ketones (excluding diaryl/α,β-unsaturated/α-hetero) is 1. The van der Waals surface area contributed by atoms with Crippen molar-refractivity contribution in [3.05, 3.63) is 23.0 Å². The van der Waals surface area contributed by atoms with Crippen LogP contribution in [0.2, 0.25) is 0 Å². The highest BCUT2D eigenvalue weighted by molar-refractivity contribution is 5.98. The fraction of sp³-hybridized carbons (Fsp3) is 0.737. The summed E-state index contributed by atoms with van der Waals surface area (Å²) in [4.78, 5) is 12.3. The molecule has 4 rings (SSSR count). The molecule has 21 heavy (non-hydrogen) atoms. The first-order valence-electron chi connectivity index (χ1n) is 8.58. The maximum Gasteiger partial charge on any atom is 0.164 e. The van der Waals surface area contributed by atoms with Crippen molar-refractivity contribution in [3.8, 4) is 0 Å². The van der Waals surface area contributed by atoms with Gasteiger partial charge in [-0.1, -0.05) is 20.8 Å². The van der Waals surface area contributed by atoms with E-state index in [0.29, 0.717) is 22.7 Å². The lowest BCUT2D eigenvalue weighted by Crippen LogP contribution is -2.38. The Morgan fingerprint density at radius 1 is 1.24 bits per heavy atom. The molecule has 2 heteroatoms. The molecule has 0 aliphatic heterocycles. The second-order valence-electron chi connectivity index (χ2n) is 8.61. The van der Waals surface area contributed by atoms with E-state index in [4.69, 9.17) is 0 Å². The minimum absolute atomic E-state index is 0.352. The highest BCUT2D eigenvalue weighted by atomic mass is 16.1. The van der Waals surface area contributed by atoms with E-state index in [-0.39, 0.29) is 0 Å². The van der Waals surface area contributed by atoms with Gasteiger partial charge in [-0.15, -0.1) is 0 Å². The van der Waals surface area contributed by atoms with E-state index in [1.165, 1.54) is 30.7 Å². The van der Waals surface area contributed by atoms with Crippen LogP contribution in [0, 0.1) is 23.7 Å². The van der Waals surface area contributed by atoms with E-state index >= 15 is 0 Å². The summed E-state index contributed by atoms with van der Waals surface area (Å²) >= 11 is 0. The molecule has 2 fully saturated rings. The second-order valence-corrected chi connectivity index (χ2v) is 8.61. The predicted molar refractivity (Wildman–Crippen MR) is 84.7 cm³/mol. The van der Waals surface area contributed by atoms with E-state index in [0.717, 1.165) is 30.7 Å². The topological polar surface area (TPSA) is 22.0 Å². The maximum absolute atomic E-state index is 12.3. The van der Waals surface area contributed by atoms with Crippen molar-refractivity contribution in [1.82, 2.24) is 4.57 Å². The van der Waals surface area contributed by atoms with Crippen LogP contribution in [-0.2, 0) is 6.42 Å². The molecule has 1 aromatic heterocycles. The summed E-state index contributed by atoms with van der Waals surface area (Å²) in [6.07, 6.45) is 6.97. The van der Waals surface area contributed by atoms with Gasteiger partial charge in [0.15, 0.2) is 5.78 Å². The first-order chi connectivity index (χ1) is 9.84. The van der Waals surface area contributed by atoms with E-state index in [1.807, 2.05) is 0 Å². The summed E-state index contributed by atoms with van der Waals surface area (Å²) in [7, 11) is 0. The lowest BCUT2D eigenvalue weighted by Gasteiger charge is -2.45. The molecule has 2 saturated carbocycles. The Morgan fingerprint density at radius 2 is 2.00 bits per heavy atom. The summed E-state index contributed by atoms with van der Waals surface area (Å²) in [6.45, 7) is 9.62. The monoisotopic (exact) mass is 285 g/mol. The molecular formula is C19H27NO. The van der Waals surface area contributed by atoms with Gasteiger partial charge in [-0.25, -0.2) is 0 Å². The number of hydrogen-bond acceptors (Lipinski definition) is 1. The summed E-state index contributed by atoms with van der Waals surface area (Å²) in [5, 5.41) is 0. The summed E-state index contributed by atoms with van der Waals surface area (Å²) in [5.74, 6) is 1.22. The minimum Gasteiger partial charge on any atom is -0.344 e. The molecule has 2 nitrogen and oxygen atoms in total. The van der Waals surface area contributed by atoms with Crippen LogP contribution in [0.4, 0.5) is 0 Å². The van der Waals surface area contributed by atoms with Gasteiger partial charge in [0, 0.05) is 29.4 Å². The Bertz CT molecular complexity index is 619. The van der Waals surface area contributed by atoms with Crippen molar-refractivity contribution in [2.75, 3.05) is 0 Å². The molecule has 0 spiro atoms. The molecule has 0 amide bonds. The largest absolute Gasteiger partial charge is 0.344 e. The standard InChI is InChI=1S/C19H27NO/c1-12-10-14-15(6-5-7-16(14)21)20(12)17-18(2,3)13-8-9-19(17,4)11-13/h10,13,17H,5-9,11H2,1-4H3. The zero-order chi connectivity index (χ0) is 15.0. The molecule has 2 bridgehead atoms. The summed E-state index contributed by atoms with van der Waals surface area (Å²) in [5.41, 5.74) is 4.45. The molecule has 1 heterocycles. The molecular weight excluding hydrogens is 258 g/mol. The second kappa shape index (κ2) is 4.02.